The van der Waals surface area contributed by atoms with Crippen LogP contribution in [0.3, 0.4) is 0 Å². The first-order chi connectivity index (χ1) is 14.4. The highest BCUT2D eigenvalue weighted by Crippen LogP contribution is 2.30. The number of benzene rings is 3. The molecule has 0 saturated heterocycles. The molecular formula is C23H28N2O4S. The van der Waals surface area contributed by atoms with Crippen molar-refractivity contribution in [1.29, 1.82) is 0 Å². The predicted octanol–water partition coefficient (Wildman–Crippen LogP) is 3.83. The Bertz CT molecular complexity index is 1130. The summed E-state index contributed by atoms with van der Waals surface area (Å²) in [5, 5.41) is 1.61. The van der Waals surface area contributed by atoms with Crippen LogP contribution in [-0.4, -0.2) is 42.8 Å². The van der Waals surface area contributed by atoms with Crippen LogP contribution in [0.2, 0.25) is 0 Å². The predicted molar refractivity (Wildman–Crippen MR) is 121 cm³/mol. The summed E-state index contributed by atoms with van der Waals surface area (Å²) in [5.74, 6) is 1.32. The van der Waals surface area contributed by atoms with Crippen LogP contribution in [0.1, 0.15) is 12.5 Å². The first-order valence-corrected chi connectivity index (χ1v) is 11.3. The van der Waals surface area contributed by atoms with E-state index < -0.39 is 10.0 Å². The third-order valence-electron chi connectivity index (χ3n) is 4.86. The van der Waals surface area contributed by atoms with Gasteiger partial charge in [0.2, 0.25) is 10.0 Å². The van der Waals surface area contributed by atoms with Crippen molar-refractivity contribution in [2.24, 2.45) is 0 Å². The van der Waals surface area contributed by atoms with Crippen LogP contribution in [-0.2, 0) is 16.4 Å². The second-order valence-corrected chi connectivity index (χ2v) is 8.82. The molecule has 0 atom stereocenters. The van der Waals surface area contributed by atoms with Crippen molar-refractivity contribution in [2.45, 2.75) is 18.2 Å². The zero-order chi connectivity index (χ0) is 21.7. The van der Waals surface area contributed by atoms with Gasteiger partial charge in [-0.05, 0) is 43.2 Å². The molecule has 0 bridgehead atoms. The lowest BCUT2D eigenvalue weighted by Gasteiger charge is -2.17. The number of methoxy groups -OCH3 is 1. The molecular weight excluding hydrogens is 400 g/mol. The summed E-state index contributed by atoms with van der Waals surface area (Å²) in [6.07, 6.45) is 0.537. The van der Waals surface area contributed by atoms with Gasteiger partial charge in [-0.25, -0.2) is 13.1 Å². The number of anilines is 1. The summed E-state index contributed by atoms with van der Waals surface area (Å²) in [7, 11) is 1.82. The van der Waals surface area contributed by atoms with E-state index in [-0.39, 0.29) is 11.4 Å². The Morgan fingerprint density at radius 3 is 2.40 bits per heavy atom. The number of rotatable bonds is 9. The van der Waals surface area contributed by atoms with E-state index >= 15 is 0 Å². The van der Waals surface area contributed by atoms with E-state index in [1.165, 1.54) is 0 Å². The molecule has 0 unspecified atom stereocenters. The summed E-state index contributed by atoms with van der Waals surface area (Å²) in [6, 6.07) is 16.7. The van der Waals surface area contributed by atoms with Gasteiger partial charge < -0.3 is 14.4 Å². The maximum Gasteiger partial charge on any atom is 0.241 e. The van der Waals surface area contributed by atoms with Gasteiger partial charge >= 0.3 is 0 Å². The Morgan fingerprint density at radius 1 is 0.967 bits per heavy atom. The number of fused-ring (bicyclic) bond motifs is 1. The van der Waals surface area contributed by atoms with Crippen molar-refractivity contribution in [2.75, 3.05) is 39.3 Å². The van der Waals surface area contributed by atoms with Gasteiger partial charge in [0.15, 0.2) is 11.5 Å². The lowest BCUT2D eigenvalue weighted by molar-refractivity contribution is 0.310. The molecule has 0 fully saturated rings. The Kier molecular flexibility index (Phi) is 6.84. The molecule has 30 heavy (non-hydrogen) atoms. The van der Waals surface area contributed by atoms with E-state index in [4.69, 9.17) is 9.47 Å². The normalized spacial score (nSPS) is 11.5. The smallest absolute Gasteiger partial charge is 0.241 e. The van der Waals surface area contributed by atoms with E-state index in [0.717, 1.165) is 16.6 Å². The second-order valence-electron chi connectivity index (χ2n) is 7.09. The van der Waals surface area contributed by atoms with E-state index in [1.54, 1.807) is 19.2 Å². The molecule has 0 amide bonds. The van der Waals surface area contributed by atoms with Crippen molar-refractivity contribution >= 4 is 26.5 Å². The largest absolute Gasteiger partial charge is 0.493 e. The molecule has 0 aliphatic carbocycles. The molecule has 0 aliphatic rings. The third-order valence-corrected chi connectivity index (χ3v) is 6.38. The van der Waals surface area contributed by atoms with Gasteiger partial charge in [-0.1, -0.05) is 30.3 Å². The quantitative estimate of drug-likeness (QED) is 0.561. The highest BCUT2D eigenvalue weighted by Gasteiger charge is 2.18. The molecule has 7 heteroatoms. The molecule has 0 aromatic heterocycles. The highest BCUT2D eigenvalue weighted by molar-refractivity contribution is 7.89. The Labute approximate surface area is 178 Å². The minimum atomic E-state index is -3.66. The Balaban J connectivity index is 1.79. The Morgan fingerprint density at radius 2 is 1.70 bits per heavy atom. The number of hydrogen-bond acceptors (Lipinski definition) is 5. The number of nitrogens with zero attached hydrogens (tertiary/aromatic N) is 1. The average Bonchev–Trinajstić information content (AvgIpc) is 2.73. The van der Waals surface area contributed by atoms with Gasteiger partial charge in [0.25, 0.3) is 0 Å². The lowest BCUT2D eigenvalue weighted by Crippen LogP contribution is -2.26. The average molecular weight is 429 g/mol. The van der Waals surface area contributed by atoms with Gasteiger partial charge in [0.1, 0.15) is 0 Å². The molecule has 1 N–H and O–H groups in total. The Hall–Kier alpha value is -2.77. The highest BCUT2D eigenvalue weighted by atomic mass is 32.2. The van der Waals surface area contributed by atoms with Crippen LogP contribution in [0.25, 0.3) is 10.8 Å². The molecule has 0 saturated carbocycles. The van der Waals surface area contributed by atoms with Gasteiger partial charge in [0.05, 0.1) is 18.6 Å². The van der Waals surface area contributed by atoms with E-state index in [9.17, 15) is 8.42 Å². The van der Waals surface area contributed by atoms with E-state index in [2.05, 4.69) is 4.72 Å². The van der Waals surface area contributed by atoms with Crippen molar-refractivity contribution in [3.63, 3.8) is 0 Å². The lowest BCUT2D eigenvalue weighted by atomic mass is 10.1. The fraction of sp³-hybridized carbons (Fsp3) is 0.304. The summed E-state index contributed by atoms with van der Waals surface area (Å²) < 4.78 is 39.6. The van der Waals surface area contributed by atoms with E-state index in [1.807, 2.05) is 68.4 Å². The van der Waals surface area contributed by atoms with Crippen molar-refractivity contribution in [1.82, 2.24) is 4.72 Å². The first-order valence-electron chi connectivity index (χ1n) is 9.86. The SMILES string of the molecule is CCOc1ccc(CCNS(=O)(=O)c2cccc3c(N(C)C)cccc23)cc1OC. The summed E-state index contributed by atoms with van der Waals surface area (Å²) in [4.78, 5) is 2.26. The minimum Gasteiger partial charge on any atom is -0.493 e. The molecule has 0 aliphatic heterocycles. The maximum absolute atomic E-state index is 13.0. The maximum atomic E-state index is 13.0. The fourth-order valence-corrected chi connectivity index (χ4v) is 4.69. The van der Waals surface area contributed by atoms with Crippen LogP contribution in [0.4, 0.5) is 5.69 Å². The number of hydrogen-bond donors (Lipinski definition) is 1. The van der Waals surface area contributed by atoms with Gasteiger partial charge in [-0.15, -0.1) is 0 Å². The van der Waals surface area contributed by atoms with Crippen LogP contribution in [0, 0.1) is 0 Å². The van der Waals surface area contributed by atoms with Crippen molar-refractivity contribution in [3.05, 3.63) is 60.2 Å². The third kappa shape index (κ3) is 4.68. The van der Waals surface area contributed by atoms with Crippen LogP contribution < -0.4 is 19.1 Å². The van der Waals surface area contributed by atoms with Crippen LogP contribution >= 0.6 is 0 Å². The summed E-state index contributed by atoms with van der Waals surface area (Å²) in [5.41, 5.74) is 1.94. The zero-order valence-electron chi connectivity index (χ0n) is 17.8. The van der Waals surface area contributed by atoms with Gasteiger partial charge in [-0.3, -0.25) is 0 Å². The fourth-order valence-electron chi connectivity index (χ4n) is 3.44. The van der Waals surface area contributed by atoms with Crippen LogP contribution in [0.15, 0.2) is 59.5 Å². The summed E-state index contributed by atoms with van der Waals surface area (Å²) in [6.45, 7) is 2.75. The van der Waals surface area contributed by atoms with Gasteiger partial charge in [-0.2, -0.15) is 0 Å². The molecule has 0 spiro atoms. The van der Waals surface area contributed by atoms with E-state index in [0.29, 0.717) is 29.9 Å². The standard InChI is InChI=1S/C23H28N2O4S/c1-5-29-21-13-12-17(16-22(21)28-4)14-15-24-30(26,27)23-11-7-8-18-19(23)9-6-10-20(18)25(2)3/h6-13,16,24H,5,14-15H2,1-4H3. The monoisotopic (exact) mass is 428 g/mol. The van der Waals surface area contributed by atoms with Crippen molar-refractivity contribution < 1.29 is 17.9 Å². The molecule has 3 rings (SSSR count). The van der Waals surface area contributed by atoms with Crippen LogP contribution in [0.5, 0.6) is 11.5 Å². The zero-order valence-corrected chi connectivity index (χ0v) is 18.6. The first kappa shape index (κ1) is 21.9. The minimum absolute atomic E-state index is 0.281. The van der Waals surface area contributed by atoms with Gasteiger partial charge in [0, 0.05) is 37.1 Å². The molecule has 160 valence electrons. The van der Waals surface area contributed by atoms with Crippen molar-refractivity contribution in [3.8, 4) is 11.5 Å². The number of sulfonamides is 1. The molecule has 3 aromatic rings. The summed E-state index contributed by atoms with van der Waals surface area (Å²) >= 11 is 0. The second kappa shape index (κ2) is 9.36. The molecule has 0 radical (unpaired) electrons. The molecule has 6 nitrogen and oxygen atoms in total. The molecule has 0 heterocycles. The number of ether oxygens (including phenoxy) is 2. The number of nitrogens with one attached hydrogen (secondary N) is 1. The topological polar surface area (TPSA) is 67.9 Å². The molecule has 3 aromatic carbocycles.